The molecule has 104 valence electrons. The predicted molar refractivity (Wildman–Crippen MR) is 77.2 cm³/mol. The number of nitro groups is 1. The maximum atomic E-state index is 11.1. The molecule has 0 saturated carbocycles. The van der Waals surface area contributed by atoms with E-state index in [1.54, 1.807) is 6.20 Å². The second-order valence-electron chi connectivity index (χ2n) is 4.82. The predicted octanol–water partition coefficient (Wildman–Crippen LogP) is 2.32. The summed E-state index contributed by atoms with van der Waals surface area (Å²) in [6, 6.07) is 1.67. The summed E-state index contributed by atoms with van der Waals surface area (Å²) in [6.45, 7) is 3.54. The molecule has 2 unspecified atom stereocenters. The van der Waals surface area contributed by atoms with Gasteiger partial charge in [-0.25, -0.2) is 4.98 Å². The lowest BCUT2D eigenvalue weighted by molar-refractivity contribution is -0.384. The highest BCUT2D eigenvalue weighted by Gasteiger charge is 2.30. The highest BCUT2D eigenvalue weighted by molar-refractivity contribution is 9.10. The lowest BCUT2D eigenvalue weighted by Gasteiger charge is -2.36. The fourth-order valence-electron chi connectivity index (χ4n) is 2.47. The zero-order chi connectivity index (χ0) is 14.0. The van der Waals surface area contributed by atoms with Crippen LogP contribution in [0.2, 0.25) is 0 Å². The first-order valence-corrected chi connectivity index (χ1v) is 7.12. The van der Waals surface area contributed by atoms with E-state index in [9.17, 15) is 10.1 Å². The minimum absolute atomic E-state index is 0.0414. The fourth-order valence-corrected chi connectivity index (χ4v) is 2.79. The quantitative estimate of drug-likeness (QED) is 0.679. The summed E-state index contributed by atoms with van der Waals surface area (Å²) in [6.07, 6.45) is 3.41. The van der Waals surface area contributed by atoms with Gasteiger partial charge in [-0.15, -0.1) is 0 Å². The minimum atomic E-state index is -0.386. The molecule has 2 rings (SSSR count). The first-order valence-electron chi connectivity index (χ1n) is 6.33. The first kappa shape index (κ1) is 14.2. The molecule has 0 spiro atoms. The van der Waals surface area contributed by atoms with Crippen molar-refractivity contribution in [1.82, 2.24) is 4.98 Å². The van der Waals surface area contributed by atoms with Gasteiger partial charge in [0.25, 0.3) is 0 Å². The number of hydrogen-bond acceptors (Lipinski definition) is 5. The minimum Gasteiger partial charge on any atom is -0.350 e. The molecule has 2 atom stereocenters. The van der Waals surface area contributed by atoms with Crippen LogP contribution in [0.1, 0.15) is 19.8 Å². The average molecular weight is 329 g/mol. The van der Waals surface area contributed by atoms with Gasteiger partial charge in [0.05, 0.1) is 4.92 Å². The molecule has 2 N–H and O–H groups in total. The lowest BCUT2D eigenvalue weighted by Crippen LogP contribution is -2.47. The molecule has 7 heteroatoms. The molecule has 1 aromatic heterocycles. The van der Waals surface area contributed by atoms with Gasteiger partial charge in [0.1, 0.15) is 0 Å². The van der Waals surface area contributed by atoms with Gasteiger partial charge >= 0.3 is 5.69 Å². The third kappa shape index (κ3) is 3.03. The molecule has 1 aromatic rings. The van der Waals surface area contributed by atoms with E-state index >= 15 is 0 Å². The van der Waals surface area contributed by atoms with Crippen molar-refractivity contribution >= 4 is 27.4 Å². The van der Waals surface area contributed by atoms with Crippen LogP contribution in [0.5, 0.6) is 0 Å². The number of piperidine rings is 1. The Morgan fingerprint density at radius 3 is 3.05 bits per heavy atom. The summed E-state index contributed by atoms with van der Waals surface area (Å²) < 4.78 is 0.615. The average Bonchev–Trinajstić information content (AvgIpc) is 2.39. The van der Waals surface area contributed by atoms with Crippen molar-refractivity contribution in [3.05, 3.63) is 26.9 Å². The maximum absolute atomic E-state index is 11.1. The topological polar surface area (TPSA) is 85.3 Å². The number of hydrogen-bond donors (Lipinski definition) is 1. The van der Waals surface area contributed by atoms with Gasteiger partial charge in [-0.2, -0.15) is 0 Å². The smallest absolute Gasteiger partial charge is 0.312 e. The standard InChI is InChI=1S/C12H17BrN4O2/c1-2-8-7-16(4-3-10(8)14)12-11(17(18)19)5-9(13)6-15-12/h5-6,8,10H,2-4,7,14H2,1H3. The molecule has 0 radical (unpaired) electrons. The summed E-state index contributed by atoms with van der Waals surface area (Å²) in [5, 5.41) is 11.1. The van der Waals surface area contributed by atoms with Crippen molar-refractivity contribution < 1.29 is 4.92 Å². The molecule has 0 aliphatic carbocycles. The van der Waals surface area contributed by atoms with Crippen molar-refractivity contribution in [2.24, 2.45) is 11.7 Å². The summed E-state index contributed by atoms with van der Waals surface area (Å²) in [7, 11) is 0. The van der Waals surface area contributed by atoms with Crippen molar-refractivity contribution in [3.63, 3.8) is 0 Å². The van der Waals surface area contributed by atoms with Gasteiger partial charge in [-0.3, -0.25) is 10.1 Å². The largest absolute Gasteiger partial charge is 0.350 e. The Hall–Kier alpha value is -1.21. The number of pyridine rings is 1. The zero-order valence-electron chi connectivity index (χ0n) is 10.8. The molecule has 0 amide bonds. The molecule has 6 nitrogen and oxygen atoms in total. The Bertz CT molecular complexity index is 483. The van der Waals surface area contributed by atoms with Crippen LogP contribution in [0.3, 0.4) is 0 Å². The fraction of sp³-hybridized carbons (Fsp3) is 0.583. The van der Waals surface area contributed by atoms with Crippen LogP contribution in [0, 0.1) is 16.0 Å². The van der Waals surface area contributed by atoms with Crippen LogP contribution in [0.25, 0.3) is 0 Å². The van der Waals surface area contributed by atoms with E-state index in [-0.39, 0.29) is 16.7 Å². The van der Waals surface area contributed by atoms with Crippen LogP contribution in [0.15, 0.2) is 16.7 Å². The van der Waals surface area contributed by atoms with E-state index in [0.717, 1.165) is 19.4 Å². The molecule has 1 aliphatic heterocycles. The highest BCUT2D eigenvalue weighted by Crippen LogP contribution is 2.31. The second kappa shape index (κ2) is 5.83. The number of halogens is 1. The Labute approximate surface area is 120 Å². The third-order valence-corrected chi connectivity index (χ3v) is 4.06. The van der Waals surface area contributed by atoms with Gasteiger partial charge in [-0.1, -0.05) is 13.3 Å². The summed E-state index contributed by atoms with van der Waals surface area (Å²) in [4.78, 5) is 16.9. The highest BCUT2D eigenvalue weighted by atomic mass is 79.9. The van der Waals surface area contributed by atoms with Crippen molar-refractivity contribution in [2.75, 3.05) is 18.0 Å². The zero-order valence-corrected chi connectivity index (χ0v) is 12.3. The van der Waals surface area contributed by atoms with E-state index in [2.05, 4.69) is 27.8 Å². The maximum Gasteiger partial charge on any atom is 0.312 e. The molecular weight excluding hydrogens is 312 g/mol. The van der Waals surface area contributed by atoms with Gasteiger partial charge in [0.2, 0.25) is 5.82 Å². The number of rotatable bonds is 3. The van der Waals surface area contributed by atoms with E-state index in [4.69, 9.17) is 5.73 Å². The number of nitrogens with zero attached hydrogens (tertiary/aromatic N) is 3. The summed E-state index contributed by atoms with van der Waals surface area (Å²) in [5.74, 6) is 0.803. The van der Waals surface area contributed by atoms with Crippen molar-refractivity contribution in [1.29, 1.82) is 0 Å². The van der Waals surface area contributed by atoms with E-state index in [1.807, 2.05) is 4.90 Å². The molecule has 1 saturated heterocycles. The van der Waals surface area contributed by atoms with Gasteiger partial charge < -0.3 is 10.6 Å². The molecule has 19 heavy (non-hydrogen) atoms. The van der Waals surface area contributed by atoms with Crippen LogP contribution < -0.4 is 10.6 Å². The van der Waals surface area contributed by atoms with Crippen LogP contribution >= 0.6 is 15.9 Å². The number of nitrogens with two attached hydrogens (primary N) is 1. The normalized spacial score (nSPS) is 23.4. The Morgan fingerprint density at radius 2 is 2.42 bits per heavy atom. The van der Waals surface area contributed by atoms with Crippen molar-refractivity contribution in [2.45, 2.75) is 25.8 Å². The third-order valence-electron chi connectivity index (χ3n) is 3.63. The Morgan fingerprint density at radius 1 is 1.68 bits per heavy atom. The van der Waals surface area contributed by atoms with E-state index < -0.39 is 0 Å². The van der Waals surface area contributed by atoms with Crippen LogP contribution in [-0.4, -0.2) is 29.0 Å². The molecule has 0 bridgehead atoms. The van der Waals surface area contributed by atoms with Crippen molar-refractivity contribution in [3.8, 4) is 0 Å². The molecule has 1 fully saturated rings. The SMILES string of the molecule is CCC1CN(c2ncc(Br)cc2[N+](=O)[O-])CCC1N. The van der Waals surface area contributed by atoms with Gasteiger partial charge in [0, 0.05) is 35.9 Å². The Balaban J connectivity index is 2.29. The van der Waals surface area contributed by atoms with Gasteiger partial charge in [-0.05, 0) is 28.3 Å². The second-order valence-corrected chi connectivity index (χ2v) is 5.74. The van der Waals surface area contributed by atoms with Gasteiger partial charge in [0.15, 0.2) is 0 Å². The Kier molecular flexibility index (Phi) is 4.36. The first-order chi connectivity index (χ1) is 9.02. The van der Waals surface area contributed by atoms with Crippen LogP contribution in [-0.2, 0) is 0 Å². The van der Waals surface area contributed by atoms with Crippen LogP contribution in [0.4, 0.5) is 11.5 Å². The molecule has 1 aliphatic rings. The summed E-state index contributed by atoms with van der Waals surface area (Å²) >= 11 is 3.22. The molecular formula is C12H17BrN4O2. The monoisotopic (exact) mass is 328 g/mol. The molecule has 0 aromatic carbocycles. The number of anilines is 1. The van der Waals surface area contributed by atoms with E-state index in [0.29, 0.717) is 22.8 Å². The lowest BCUT2D eigenvalue weighted by atomic mass is 9.90. The number of aromatic nitrogens is 1. The molecule has 2 heterocycles. The summed E-state index contributed by atoms with van der Waals surface area (Å²) in [5.41, 5.74) is 6.10. The van der Waals surface area contributed by atoms with E-state index in [1.165, 1.54) is 6.07 Å².